The lowest BCUT2D eigenvalue weighted by molar-refractivity contribution is -0.139. The van der Waals surface area contributed by atoms with Crippen LogP contribution in [0, 0.1) is 17.5 Å². The summed E-state index contributed by atoms with van der Waals surface area (Å²) in [6.07, 6.45) is 0.283. The zero-order valence-electron chi connectivity index (χ0n) is 9.04. The molecule has 0 heterocycles. The molecule has 1 aromatic carbocycles. The summed E-state index contributed by atoms with van der Waals surface area (Å²) in [6.45, 7) is 0. The molecule has 1 N–H and O–H groups in total. The summed E-state index contributed by atoms with van der Waals surface area (Å²) in [5, 5.41) is 9.03. The van der Waals surface area contributed by atoms with Crippen molar-refractivity contribution in [1.29, 1.82) is 0 Å². The van der Waals surface area contributed by atoms with Crippen LogP contribution in [0.2, 0.25) is 0 Å². The van der Waals surface area contributed by atoms with Crippen molar-refractivity contribution < 1.29 is 32.6 Å². The molecule has 0 aliphatic heterocycles. The van der Waals surface area contributed by atoms with Crippen molar-refractivity contribution in [3.05, 3.63) is 47.0 Å². The van der Waals surface area contributed by atoms with Gasteiger partial charge in [-0.2, -0.15) is 0 Å². The number of ketones is 1. The van der Waals surface area contributed by atoms with Crippen molar-refractivity contribution in [3.8, 4) is 0 Å². The molecule has 0 amide bonds. The Hall–Kier alpha value is -2.31. The first-order valence-electron chi connectivity index (χ1n) is 4.54. The van der Waals surface area contributed by atoms with E-state index in [-0.39, 0.29) is 6.08 Å². The quantitative estimate of drug-likeness (QED) is 0.390. The van der Waals surface area contributed by atoms with Crippen LogP contribution < -0.4 is 0 Å². The molecule has 0 fully saturated rings. The van der Waals surface area contributed by atoms with Gasteiger partial charge < -0.3 is 9.84 Å². The minimum atomic E-state index is -1.44. The molecule has 0 bridgehead atoms. The van der Waals surface area contributed by atoms with Crippen LogP contribution in [0.3, 0.4) is 0 Å². The number of hydrogen-bond donors (Lipinski definition) is 1. The molecular formula is C11H7F3O4. The Bertz CT molecular complexity index is 514. The van der Waals surface area contributed by atoms with E-state index in [1.54, 1.807) is 0 Å². The summed E-state index contributed by atoms with van der Waals surface area (Å²) in [4.78, 5) is 22.1. The van der Waals surface area contributed by atoms with Gasteiger partial charge in [-0.3, -0.25) is 4.79 Å². The van der Waals surface area contributed by atoms with Gasteiger partial charge in [-0.15, -0.1) is 0 Å². The van der Waals surface area contributed by atoms with Gasteiger partial charge in [-0.25, -0.2) is 18.0 Å². The first-order valence-corrected chi connectivity index (χ1v) is 4.54. The molecule has 0 spiro atoms. The van der Waals surface area contributed by atoms with Crippen molar-refractivity contribution in [2.45, 2.75) is 0 Å². The van der Waals surface area contributed by atoms with E-state index in [0.29, 0.717) is 12.1 Å². The average Bonchev–Trinajstić information content (AvgIpc) is 2.26. The van der Waals surface area contributed by atoms with E-state index in [0.717, 1.165) is 7.11 Å². The van der Waals surface area contributed by atoms with Gasteiger partial charge in [-0.1, -0.05) is 0 Å². The minimum absolute atomic E-state index is 0.283. The molecule has 7 heteroatoms. The van der Waals surface area contributed by atoms with Crippen molar-refractivity contribution in [3.63, 3.8) is 0 Å². The lowest BCUT2D eigenvalue weighted by Gasteiger charge is -2.02. The third-order valence-electron chi connectivity index (χ3n) is 1.92. The Morgan fingerprint density at radius 3 is 2.17 bits per heavy atom. The molecule has 1 aromatic rings. The molecule has 0 aliphatic carbocycles. The zero-order chi connectivity index (χ0) is 13.9. The molecule has 0 unspecified atom stereocenters. The van der Waals surface area contributed by atoms with E-state index in [1.165, 1.54) is 0 Å². The Morgan fingerprint density at radius 1 is 1.22 bits per heavy atom. The van der Waals surface area contributed by atoms with Crippen LogP contribution in [0.15, 0.2) is 24.0 Å². The summed E-state index contributed by atoms with van der Waals surface area (Å²) in [5.41, 5.74) is -1.08. The molecule has 0 radical (unpaired) electrons. The number of benzene rings is 1. The normalized spacial score (nSPS) is 11.2. The minimum Gasteiger partial charge on any atom is -0.502 e. The van der Waals surface area contributed by atoms with Gasteiger partial charge in [-0.05, 0) is 0 Å². The molecule has 0 saturated heterocycles. The maximum Gasteiger partial charge on any atom is 0.373 e. The van der Waals surface area contributed by atoms with Crippen LogP contribution in [0.4, 0.5) is 13.2 Å². The van der Waals surface area contributed by atoms with Crippen LogP contribution >= 0.6 is 0 Å². The second-order valence-electron chi connectivity index (χ2n) is 3.13. The standard InChI is InChI=1S/C11H7F3O4/c1-18-11(17)9(16)4-8(15)10-6(13)2-5(12)3-7(10)14/h2-4,16H,1H3. The number of rotatable bonds is 3. The SMILES string of the molecule is COC(=O)C(O)=CC(=O)c1c(F)cc(F)cc1F. The number of hydrogen-bond acceptors (Lipinski definition) is 4. The van der Waals surface area contributed by atoms with Crippen LogP contribution in [0.25, 0.3) is 0 Å². The molecule has 0 saturated carbocycles. The van der Waals surface area contributed by atoms with E-state index in [1.807, 2.05) is 0 Å². The van der Waals surface area contributed by atoms with Crippen LogP contribution in [-0.4, -0.2) is 24.0 Å². The van der Waals surface area contributed by atoms with Gasteiger partial charge in [0.05, 0.1) is 12.7 Å². The summed E-state index contributed by atoms with van der Waals surface area (Å²) in [5.74, 6) is -7.76. The Kier molecular flexibility index (Phi) is 4.09. The second kappa shape index (κ2) is 5.35. The summed E-state index contributed by atoms with van der Waals surface area (Å²) in [7, 11) is 0.940. The van der Waals surface area contributed by atoms with E-state index in [4.69, 9.17) is 5.11 Å². The number of carbonyl (C=O) groups excluding carboxylic acids is 2. The van der Waals surface area contributed by atoms with Crippen LogP contribution in [-0.2, 0) is 9.53 Å². The molecule has 1 rings (SSSR count). The molecule has 18 heavy (non-hydrogen) atoms. The van der Waals surface area contributed by atoms with Gasteiger partial charge in [0, 0.05) is 18.2 Å². The van der Waals surface area contributed by atoms with Gasteiger partial charge >= 0.3 is 5.97 Å². The molecule has 96 valence electrons. The highest BCUT2D eigenvalue weighted by Crippen LogP contribution is 2.16. The number of carbonyl (C=O) groups is 2. The lowest BCUT2D eigenvalue weighted by atomic mass is 10.1. The number of aliphatic hydroxyl groups is 1. The Morgan fingerprint density at radius 2 is 1.72 bits per heavy atom. The smallest absolute Gasteiger partial charge is 0.373 e. The Balaban J connectivity index is 3.17. The fourth-order valence-corrected chi connectivity index (χ4v) is 1.14. The number of methoxy groups -OCH3 is 1. The number of aliphatic hydroxyl groups excluding tert-OH is 1. The molecule has 0 atom stereocenters. The highest BCUT2D eigenvalue weighted by molar-refractivity contribution is 6.08. The largest absolute Gasteiger partial charge is 0.502 e. The Labute approximate surface area is 99.3 Å². The number of halogens is 3. The fraction of sp³-hybridized carbons (Fsp3) is 0.0909. The van der Waals surface area contributed by atoms with E-state index >= 15 is 0 Å². The zero-order valence-corrected chi connectivity index (χ0v) is 9.04. The van der Waals surface area contributed by atoms with E-state index in [2.05, 4.69) is 4.74 Å². The monoisotopic (exact) mass is 260 g/mol. The van der Waals surface area contributed by atoms with E-state index in [9.17, 15) is 22.8 Å². The molecule has 0 aromatic heterocycles. The topological polar surface area (TPSA) is 63.6 Å². The molecule has 0 aliphatic rings. The number of esters is 1. The van der Waals surface area contributed by atoms with Crippen molar-refractivity contribution in [1.82, 2.24) is 0 Å². The fourth-order valence-electron chi connectivity index (χ4n) is 1.14. The van der Waals surface area contributed by atoms with Crippen LogP contribution in [0.1, 0.15) is 10.4 Å². The predicted octanol–water partition coefficient (Wildman–Crippen LogP) is 1.90. The van der Waals surface area contributed by atoms with Gasteiger partial charge in [0.2, 0.25) is 5.76 Å². The first-order chi connectivity index (χ1) is 8.36. The van der Waals surface area contributed by atoms with Crippen molar-refractivity contribution >= 4 is 11.8 Å². The highest BCUT2D eigenvalue weighted by Gasteiger charge is 2.19. The van der Waals surface area contributed by atoms with E-state index < -0.39 is 40.5 Å². The first kappa shape index (κ1) is 13.8. The molecule has 4 nitrogen and oxygen atoms in total. The van der Waals surface area contributed by atoms with Gasteiger partial charge in [0.15, 0.2) is 5.78 Å². The molecular weight excluding hydrogens is 253 g/mol. The van der Waals surface area contributed by atoms with Crippen LogP contribution in [0.5, 0.6) is 0 Å². The maximum absolute atomic E-state index is 13.2. The average molecular weight is 260 g/mol. The number of allylic oxidation sites excluding steroid dienone is 1. The van der Waals surface area contributed by atoms with Crippen molar-refractivity contribution in [2.24, 2.45) is 0 Å². The summed E-state index contributed by atoms with van der Waals surface area (Å²) >= 11 is 0. The summed E-state index contributed by atoms with van der Waals surface area (Å²) in [6, 6.07) is 0.610. The van der Waals surface area contributed by atoms with Crippen molar-refractivity contribution in [2.75, 3.05) is 7.11 Å². The second-order valence-corrected chi connectivity index (χ2v) is 3.13. The summed E-state index contributed by atoms with van der Waals surface area (Å²) < 4.78 is 43.0. The third-order valence-corrected chi connectivity index (χ3v) is 1.92. The van der Waals surface area contributed by atoms with Gasteiger partial charge in [0.25, 0.3) is 0 Å². The lowest BCUT2D eigenvalue weighted by Crippen LogP contribution is -2.09. The maximum atomic E-state index is 13.2. The highest BCUT2D eigenvalue weighted by atomic mass is 19.1. The predicted molar refractivity (Wildman–Crippen MR) is 53.4 cm³/mol. The number of ether oxygens (including phenoxy) is 1. The third kappa shape index (κ3) is 2.88. The van der Waals surface area contributed by atoms with Gasteiger partial charge in [0.1, 0.15) is 17.5 Å².